The fraction of sp³-hybridized carbons (Fsp3) is 0.190. The van der Waals surface area contributed by atoms with Crippen molar-refractivity contribution < 1.29 is 19.1 Å². The van der Waals surface area contributed by atoms with Gasteiger partial charge in [-0.25, -0.2) is 0 Å². The lowest BCUT2D eigenvalue weighted by Crippen LogP contribution is -2.20. The lowest BCUT2D eigenvalue weighted by molar-refractivity contribution is -0.118. The van der Waals surface area contributed by atoms with E-state index in [-0.39, 0.29) is 19.1 Å². The van der Waals surface area contributed by atoms with Crippen LogP contribution in [0.3, 0.4) is 0 Å². The first kappa shape index (κ1) is 19.0. The highest BCUT2D eigenvalue weighted by Gasteiger charge is 2.11. The molecule has 6 heteroatoms. The molecule has 0 atom stereocenters. The lowest BCUT2D eigenvalue weighted by Gasteiger charge is -2.12. The van der Waals surface area contributed by atoms with E-state index in [1.807, 2.05) is 32.0 Å². The van der Waals surface area contributed by atoms with E-state index in [2.05, 4.69) is 5.32 Å². The van der Waals surface area contributed by atoms with Crippen molar-refractivity contribution in [3.63, 3.8) is 0 Å². The van der Waals surface area contributed by atoms with Gasteiger partial charge in [0.1, 0.15) is 23.9 Å². The van der Waals surface area contributed by atoms with Crippen molar-refractivity contribution in [1.29, 1.82) is 0 Å². The Balaban J connectivity index is 1.65. The fourth-order valence-electron chi connectivity index (χ4n) is 2.79. The van der Waals surface area contributed by atoms with Gasteiger partial charge in [-0.3, -0.25) is 4.79 Å². The van der Waals surface area contributed by atoms with Crippen LogP contribution in [0, 0.1) is 13.8 Å². The molecule has 2 N–H and O–H groups in total. The third kappa shape index (κ3) is 4.70. The zero-order valence-electron chi connectivity index (χ0n) is 15.1. The van der Waals surface area contributed by atoms with Crippen molar-refractivity contribution in [2.24, 2.45) is 0 Å². The summed E-state index contributed by atoms with van der Waals surface area (Å²) < 4.78 is 11.1. The lowest BCUT2D eigenvalue weighted by atomic mass is 10.1. The molecule has 0 spiro atoms. The molecule has 5 nitrogen and oxygen atoms in total. The van der Waals surface area contributed by atoms with Crippen LogP contribution in [-0.4, -0.2) is 17.6 Å². The summed E-state index contributed by atoms with van der Waals surface area (Å²) in [5.41, 5.74) is 3.33. The van der Waals surface area contributed by atoms with Gasteiger partial charge < -0.3 is 19.6 Å². The van der Waals surface area contributed by atoms with E-state index in [9.17, 15) is 4.79 Å². The fourth-order valence-corrected chi connectivity index (χ4v) is 3.16. The van der Waals surface area contributed by atoms with Gasteiger partial charge in [-0.15, -0.1) is 0 Å². The summed E-state index contributed by atoms with van der Waals surface area (Å²) in [7, 11) is 0. The van der Waals surface area contributed by atoms with Crippen LogP contribution in [0.25, 0.3) is 11.3 Å². The predicted octanol–water partition coefficient (Wildman–Crippen LogP) is 4.73. The Hall–Kier alpha value is -2.76. The van der Waals surface area contributed by atoms with E-state index in [4.69, 9.17) is 25.9 Å². The van der Waals surface area contributed by atoms with Crippen molar-refractivity contribution in [3.05, 3.63) is 70.4 Å². The van der Waals surface area contributed by atoms with Gasteiger partial charge in [-0.05, 0) is 55.3 Å². The Morgan fingerprint density at radius 3 is 2.70 bits per heavy atom. The molecule has 0 aliphatic heterocycles. The molecule has 2 aromatic carbocycles. The Kier molecular flexibility index (Phi) is 5.84. The highest BCUT2D eigenvalue weighted by atomic mass is 35.5. The van der Waals surface area contributed by atoms with Crippen LogP contribution in [0.2, 0.25) is 5.02 Å². The first-order valence-electron chi connectivity index (χ1n) is 8.45. The standard InChI is InChI=1S/C21H20ClNO4/c1-13-8-14(2)21(18(22)9-13)26-12-20(25)23-16-5-3-4-15(10-16)19-7-6-17(11-24)27-19/h3-10,24H,11-12H2,1-2H3,(H,23,25). The molecule has 1 amide bonds. The highest BCUT2D eigenvalue weighted by molar-refractivity contribution is 6.32. The number of halogens is 1. The first-order chi connectivity index (χ1) is 13.0. The van der Waals surface area contributed by atoms with E-state index in [1.165, 1.54) is 0 Å². The summed E-state index contributed by atoms with van der Waals surface area (Å²) in [4.78, 5) is 12.2. The van der Waals surface area contributed by atoms with Gasteiger partial charge in [0.2, 0.25) is 0 Å². The van der Waals surface area contributed by atoms with E-state index in [0.29, 0.717) is 28.0 Å². The number of amides is 1. The van der Waals surface area contributed by atoms with Crippen molar-refractivity contribution in [2.75, 3.05) is 11.9 Å². The molecule has 140 valence electrons. The second-order valence-corrected chi connectivity index (χ2v) is 6.64. The maximum atomic E-state index is 12.2. The van der Waals surface area contributed by atoms with Gasteiger partial charge >= 0.3 is 0 Å². The van der Waals surface area contributed by atoms with Gasteiger partial charge in [0.25, 0.3) is 5.91 Å². The number of furan rings is 1. The Morgan fingerprint density at radius 1 is 1.19 bits per heavy atom. The van der Waals surface area contributed by atoms with Crippen LogP contribution in [0.5, 0.6) is 5.75 Å². The van der Waals surface area contributed by atoms with Crippen LogP contribution in [0.4, 0.5) is 5.69 Å². The molecule has 3 rings (SSSR count). The number of aryl methyl sites for hydroxylation is 2. The van der Waals surface area contributed by atoms with Gasteiger partial charge in [0, 0.05) is 11.3 Å². The largest absolute Gasteiger partial charge is 0.482 e. The van der Waals surface area contributed by atoms with Crippen LogP contribution in [-0.2, 0) is 11.4 Å². The average molecular weight is 386 g/mol. The van der Waals surface area contributed by atoms with E-state index in [0.717, 1.165) is 16.7 Å². The molecule has 0 saturated carbocycles. The number of carbonyl (C=O) groups is 1. The number of rotatable bonds is 6. The zero-order valence-corrected chi connectivity index (χ0v) is 15.8. The summed E-state index contributed by atoms with van der Waals surface area (Å²) >= 11 is 6.20. The average Bonchev–Trinajstić information content (AvgIpc) is 3.10. The molecule has 1 aromatic heterocycles. The van der Waals surface area contributed by atoms with Gasteiger partial charge in [0.05, 0.1) is 5.02 Å². The Morgan fingerprint density at radius 2 is 2.00 bits per heavy atom. The monoisotopic (exact) mass is 385 g/mol. The second kappa shape index (κ2) is 8.29. The SMILES string of the molecule is Cc1cc(C)c(OCC(=O)Nc2cccc(-c3ccc(CO)o3)c2)c(Cl)c1. The number of carbonyl (C=O) groups excluding carboxylic acids is 1. The van der Waals surface area contributed by atoms with E-state index < -0.39 is 0 Å². The molecule has 0 saturated heterocycles. The molecule has 0 bridgehead atoms. The summed E-state index contributed by atoms with van der Waals surface area (Å²) in [6.45, 7) is 3.53. The normalized spacial score (nSPS) is 10.7. The number of benzene rings is 2. The number of aliphatic hydroxyl groups excluding tert-OH is 1. The first-order valence-corrected chi connectivity index (χ1v) is 8.83. The summed E-state index contributed by atoms with van der Waals surface area (Å²) in [6, 6.07) is 14.5. The molecule has 3 aromatic rings. The molecule has 0 radical (unpaired) electrons. The van der Waals surface area contributed by atoms with Crippen LogP contribution in [0.15, 0.2) is 52.9 Å². The van der Waals surface area contributed by atoms with Crippen molar-refractivity contribution >= 4 is 23.2 Å². The maximum absolute atomic E-state index is 12.2. The topological polar surface area (TPSA) is 71.7 Å². The van der Waals surface area contributed by atoms with Crippen molar-refractivity contribution in [2.45, 2.75) is 20.5 Å². The minimum Gasteiger partial charge on any atom is -0.482 e. The molecular weight excluding hydrogens is 366 g/mol. The number of aliphatic hydroxyl groups is 1. The number of anilines is 1. The highest BCUT2D eigenvalue weighted by Crippen LogP contribution is 2.30. The molecule has 0 aliphatic carbocycles. The summed E-state index contributed by atoms with van der Waals surface area (Å²) in [5.74, 6) is 1.32. The van der Waals surface area contributed by atoms with Gasteiger partial charge in [-0.2, -0.15) is 0 Å². The number of hydrogen-bond acceptors (Lipinski definition) is 4. The Bertz CT molecular complexity index is 941. The van der Waals surface area contributed by atoms with Crippen LogP contribution in [0.1, 0.15) is 16.9 Å². The molecule has 27 heavy (non-hydrogen) atoms. The van der Waals surface area contributed by atoms with Gasteiger partial charge in [0.15, 0.2) is 6.61 Å². The quantitative estimate of drug-likeness (QED) is 0.643. The minimum atomic E-state index is -0.293. The maximum Gasteiger partial charge on any atom is 0.262 e. The molecule has 0 aliphatic rings. The second-order valence-electron chi connectivity index (χ2n) is 6.23. The third-order valence-corrected chi connectivity index (χ3v) is 4.25. The molecule has 1 heterocycles. The zero-order chi connectivity index (χ0) is 19.4. The minimum absolute atomic E-state index is 0.150. The van der Waals surface area contributed by atoms with E-state index in [1.54, 1.807) is 30.3 Å². The third-order valence-electron chi connectivity index (χ3n) is 3.97. The van der Waals surface area contributed by atoms with E-state index >= 15 is 0 Å². The predicted molar refractivity (Wildman–Crippen MR) is 105 cm³/mol. The molecular formula is C21H20ClNO4. The summed E-state index contributed by atoms with van der Waals surface area (Å²) in [5, 5.41) is 12.4. The number of nitrogens with one attached hydrogen (secondary N) is 1. The van der Waals surface area contributed by atoms with Crippen molar-refractivity contribution in [1.82, 2.24) is 0 Å². The Labute approximate surface area is 162 Å². The number of ether oxygens (including phenoxy) is 1. The van der Waals surface area contributed by atoms with Gasteiger partial charge in [-0.1, -0.05) is 29.8 Å². The summed E-state index contributed by atoms with van der Waals surface area (Å²) in [6.07, 6.45) is 0. The smallest absolute Gasteiger partial charge is 0.262 e. The number of hydrogen-bond donors (Lipinski definition) is 2. The van der Waals surface area contributed by atoms with Crippen LogP contribution < -0.4 is 10.1 Å². The molecule has 0 fully saturated rings. The molecule has 0 unspecified atom stereocenters. The van der Waals surface area contributed by atoms with Crippen LogP contribution >= 0.6 is 11.6 Å². The van der Waals surface area contributed by atoms with Crippen molar-refractivity contribution in [3.8, 4) is 17.1 Å².